The highest BCUT2D eigenvalue weighted by molar-refractivity contribution is 7.06. The molecule has 0 saturated carbocycles. The van der Waals surface area contributed by atoms with Crippen LogP contribution in [0.4, 0.5) is 0 Å². The molecule has 0 unspecified atom stereocenters. The normalized spacial score (nSPS) is 12.7. The second kappa shape index (κ2) is 4.97. The van der Waals surface area contributed by atoms with Gasteiger partial charge in [0.1, 0.15) is 0 Å². The van der Waals surface area contributed by atoms with Crippen LogP contribution in [0.2, 0.25) is 0 Å². The molecule has 0 saturated heterocycles. The number of hydrogen-bond donors (Lipinski definition) is 0. The summed E-state index contributed by atoms with van der Waals surface area (Å²) >= 11 is 1.56. The van der Waals surface area contributed by atoms with E-state index in [9.17, 15) is 0 Å². The quantitative estimate of drug-likeness (QED) is 0.665. The van der Waals surface area contributed by atoms with E-state index >= 15 is 0 Å². The van der Waals surface area contributed by atoms with Gasteiger partial charge in [-0.05, 0) is 49.0 Å². The van der Waals surface area contributed by atoms with Gasteiger partial charge in [-0.15, -0.1) is 0 Å². The van der Waals surface area contributed by atoms with Gasteiger partial charge >= 0.3 is 0 Å². The van der Waals surface area contributed by atoms with Crippen molar-refractivity contribution in [2.24, 2.45) is 0 Å². The van der Waals surface area contributed by atoms with Crippen molar-refractivity contribution in [3.05, 3.63) is 34.4 Å². The monoisotopic (exact) mass is 193 g/mol. The zero-order chi connectivity index (χ0) is 9.68. The largest absolute Gasteiger partial charge is 0.200 e. The number of allylic oxidation sites excluding steroid dienone is 3. The third-order valence-corrected chi connectivity index (χ3v) is 2.74. The molecule has 0 radical (unpaired) electrons. The van der Waals surface area contributed by atoms with Gasteiger partial charge in [0.25, 0.3) is 0 Å². The summed E-state index contributed by atoms with van der Waals surface area (Å²) in [6.45, 7) is 6.31. The molecule has 0 aliphatic carbocycles. The zero-order valence-electron chi connectivity index (χ0n) is 8.37. The van der Waals surface area contributed by atoms with Gasteiger partial charge in [-0.2, -0.15) is 0 Å². The minimum atomic E-state index is 1.07. The molecule has 0 fully saturated rings. The summed E-state index contributed by atoms with van der Waals surface area (Å²) in [6.07, 6.45) is 9.43. The van der Waals surface area contributed by atoms with Crippen LogP contribution in [0.15, 0.2) is 23.9 Å². The fourth-order valence-electron chi connectivity index (χ4n) is 1.09. The van der Waals surface area contributed by atoms with E-state index in [4.69, 9.17) is 0 Å². The maximum Gasteiger partial charge on any atom is 0.0509 e. The highest BCUT2D eigenvalue weighted by atomic mass is 32.1. The number of rotatable bonds is 3. The van der Waals surface area contributed by atoms with Crippen molar-refractivity contribution in [1.29, 1.82) is 0 Å². The average molecular weight is 193 g/mol. The molecule has 1 heterocycles. The van der Waals surface area contributed by atoms with Crippen molar-refractivity contribution < 1.29 is 0 Å². The summed E-state index contributed by atoms with van der Waals surface area (Å²) in [5.74, 6) is 0. The average Bonchev–Trinajstić information content (AvgIpc) is 2.51. The van der Waals surface area contributed by atoms with E-state index in [1.807, 2.05) is 13.1 Å². The van der Waals surface area contributed by atoms with Gasteiger partial charge in [0.05, 0.1) is 4.88 Å². The molecule has 0 spiro atoms. The van der Waals surface area contributed by atoms with E-state index < -0.39 is 0 Å². The molecule has 1 aromatic heterocycles. The highest BCUT2D eigenvalue weighted by Gasteiger charge is 1.97. The number of aryl methyl sites for hydroxylation is 1. The van der Waals surface area contributed by atoms with Crippen LogP contribution in [0.5, 0.6) is 0 Å². The van der Waals surface area contributed by atoms with Gasteiger partial charge in [0, 0.05) is 6.20 Å². The van der Waals surface area contributed by atoms with Crippen molar-refractivity contribution in [2.75, 3.05) is 0 Å². The SMILES string of the molecule is C/C=C\C(=C/c1sncc1C)CC. The molecule has 1 aromatic rings. The van der Waals surface area contributed by atoms with Crippen molar-refractivity contribution >= 4 is 17.6 Å². The summed E-state index contributed by atoms with van der Waals surface area (Å²) < 4.78 is 4.14. The van der Waals surface area contributed by atoms with Crippen molar-refractivity contribution in [2.45, 2.75) is 27.2 Å². The lowest BCUT2D eigenvalue weighted by atomic mass is 10.1. The van der Waals surface area contributed by atoms with Gasteiger partial charge in [-0.1, -0.05) is 19.1 Å². The lowest BCUT2D eigenvalue weighted by Crippen LogP contribution is -1.75. The fourth-order valence-corrected chi connectivity index (χ4v) is 1.81. The Hall–Kier alpha value is -0.890. The summed E-state index contributed by atoms with van der Waals surface area (Å²) in [5, 5.41) is 0. The third-order valence-electron chi connectivity index (χ3n) is 1.89. The Labute approximate surface area is 84.0 Å². The standard InChI is InChI=1S/C11H15NS/c1-4-6-10(5-2)7-11-9(3)8-12-13-11/h4,6-8H,5H2,1-3H3/b6-4-,10-7-. The highest BCUT2D eigenvalue weighted by Crippen LogP contribution is 2.18. The van der Waals surface area contributed by atoms with Crippen LogP contribution in [0, 0.1) is 6.92 Å². The summed E-state index contributed by atoms with van der Waals surface area (Å²) in [7, 11) is 0. The first-order chi connectivity index (χ1) is 6.27. The summed E-state index contributed by atoms with van der Waals surface area (Å²) in [5.41, 5.74) is 2.62. The lowest BCUT2D eigenvalue weighted by molar-refractivity contribution is 1.16. The van der Waals surface area contributed by atoms with Crippen molar-refractivity contribution in [1.82, 2.24) is 4.37 Å². The molecular formula is C11H15NS. The summed E-state index contributed by atoms with van der Waals surface area (Å²) in [4.78, 5) is 1.27. The van der Waals surface area contributed by atoms with E-state index in [0.29, 0.717) is 0 Å². The maximum atomic E-state index is 4.14. The van der Waals surface area contributed by atoms with Gasteiger partial charge in [-0.25, -0.2) is 4.37 Å². The van der Waals surface area contributed by atoms with E-state index in [1.165, 1.54) is 16.0 Å². The zero-order valence-corrected chi connectivity index (χ0v) is 9.19. The number of nitrogens with zero attached hydrogens (tertiary/aromatic N) is 1. The predicted octanol–water partition coefficient (Wildman–Crippen LogP) is 3.82. The third kappa shape index (κ3) is 2.81. The molecular weight excluding hydrogens is 178 g/mol. The van der Waals surface area contributed by atoms with Gasteiger partial charge in [0.2, 0.25) is 0 Å². The Morgan fingerprint density at radius 1 is 1.62 bits per heavy atom. The molecule has 1 nitrogen and oxygen atoms in total. The first kappa shape index (κ1) is 10.2. The van der Waals surface area contributed by atoms with Crippen LogP contribution < -0.4 is 0 Å². The Bertz CT molecular complexity index is 321. The van der Waals surface area contributed by atoms with Crippen LogP contribution >= 0.6 is 11.5 Å². The molecule has 0 aliphatic heterocycles. The number of aromatic nitrogens is 1. The molecule has 13 heavy (non-hydrogen) atoms. The first-order valence-corrected chi connectivity index (χ1v) is 5.29. The molecule has 1 rings (SSSR count). The Balaban J connectivity index is 2.91. The molecule has 0 aliphatic rings. The summed E-state index contributed by atoms with van der Waals surface area (Å²) in [6, 6.07) is 0. The van der Waals surface area contributed by atoms with E-state index in [2.05, 4.69) is 36.4 Å². The van der Waals surface area contributed by atoms with Gasteiger partial charge < -0.3 is 0 Å². The minimum Gasteiger partial charge on any atom is -0.200 e. The molecule has 0 N–H and O–H groups in total. The van der Waals surface area contributed by atoms with E-state index in [0.717, 1.165) is 6.42 Å². The number of hydrogen-bond acceptors (Lipinski definition) is 2. The molecule has 0 bridgehead atoms. The van der Waals surface area contributed by atoms with Crippen LogP contribution in [-0.2, 0) is 0 Å². The Morgan fingerprint density at radius 3 is 2.85 bits per heavy atom. The Kier molecular flexibility index (Phi) is 3.90. The van der Waals surface area contributed by atoms with E-state index in [-0.39, 0.29) is 0 Å². The second-order valence-corrected chi connectivity index (χ2v) is 3.78. The van der Waals surface area contributed by atoms with Crippen LogP contribution in [0.3, 0.4) is 0 Å². The molecule has 0 aromatic carbocycles. The molecule has 70 valence electrons. The van der Waals surface area contributed by atoms with Crippen molar-refractivity contribution in [3.8, 4) is 0 Å². The first-order valence-electron chi connectivity index (χ1n) is 4.52. The van der Waals surface area contributed by atoms with Crippen LogP contribution in [-0.4, -0.2) is 4.37 Å². The lowest BCUT2D eigenvalue weighted by Gasteiger charge is -1.95. The topological polar surface area (TPSA) is 12.9 Å². The molecule has 0 amide bonds. The predicted molar refractivity (Wildman–Crippen MR) is 59.9 cm³/mol. The van der Waals surface area contributed by atoms with Crippen LogP contribution in [0.1, 0.15) is 30.7 Å². The fraction of sp³-hybridized carbons (Fsp3) is 0.364. The van der Waals surface area contributed by atoms with Gasteiger partial charge in [-0.3, -0.25) is 0 Å². The van der Waals surface area contributed by atoms with E-state index in [1.54, 1.807) is 11.5 Å². The second-order valence-electron chi connectivity index (χ2n) is 2.95. The Morgan fingerprint density at radius 2 is 2.38 bits per heavy atom. The van der Waals surface area contributed by atoms with Crippen LogP contribution in [0.25, 0.3) is 6.08 Å². The smallest absolute Gasteiger partial charge is 0.0509 e. The minimum absolute atomic E-state index is 1.07. The van der Waals surface area contributed by atoms with Gasteiger partial charge in [0.15, 0.2) is 0 Å². The molecule has 2 heteroatoms. The molecule has 0 atom stereocenters. The van der Waals surface area contributed by atoms with Crippen molar-refractivity contribution in [3.63, 3.8) is 0 Å². The maximum absolute atomic E-state index is 4.14.